The van der Waals surface area contributed by atoms with Crippen LogP contribution in [0.2, 0.25) is 0 Å². The zero-order chi connectivity index (χ0) is 19.9. The van der Waals surface area contributed by atoms with E-state index in [9.17, 15) is 28.5 Å². The smallest absolute Gasteiger partial charge is 0.446 e. The number of methoxy groups -OCH3 is 1. The monoisotopic (exact) mass is 396 g/mol. The maximum Gasteiger partial charge on any atom is 0.446 e. The molecule has 0 fully saturated rings. The van der Waals surface area contributed by atoms with E-state index in [2.05, 4.69) is 4.18 Å². The maximum atomic E-state index is 12.7. The molecule has 10 nitrogen and oxygen atoms in total. The molecule has 0 aliphatic rings. The molecule has 3 rings (SSSR count). The van der Waals surface area contributed by atoms with E-state index in [0.29, 0.717) is 0 Å². The average molecular weight is 396 g/mol. The topological polar surface area (TPSA) is 164 Å². The number of phenols is 3. The summed E-state index contributed by atoms with van der Waals surface area (Å²) in [7, 11) is -3.81. The molecule has 2 aromatic carbocycles. The highest BCUT2D eigenvalue weighted by molar-refractivity contribution is 7.81. The number of phenolic OH excluding ortho intramolecular Hbond substituents is 3. The molecular formula is C16H12O10S. The van der Waals surface area contributed by atoms with Crippen LogP contribution in [0.4, 0.5) is 0 Å². The Bertz CT molecular complexity index is 1210. The molecule has 0 atom stereocenters. The van der Waals surface area contributed by atoms with Crippen molar-refractivity contribution in [3.63, 3.8) is 0 Å². The van der Waals surface area contributed by atoms with Crippen molar-refractivity contribution in [1.29, 1.82) is 0 Å². The Labute approximate surface area is 151 Å². The summed E-state index contributed by atoms with van der Waals surface area (Å²) < 4.78 is 46.0. The minimum Gasteiger partial charge on any atom is -0.508 e. The summed E-state index contributed by atoms with van der Waals surface area (Å²) in [5, 5.41) is 28.9. The van der Waals surface area contributed by atoms with E-state index >= 15 is 0 Å². The minimum atomic E-state index is -5.12. The first-order valence-corrected chi connectivity index (χ1v) is 8.54. The summed E-state index contributed by atoms with van der Waals surface area (Å²) in [4.78, 5) is 12.7. The molecule has 3 aromatic rings. The van der Waals surface area contributed by atoms with Gasteiger partial charge in [0.05, 0.1) is 7.11 Å². The second-order valence-corrected chi connectivity index (χ2v) is 6.35. The van der Waals surface area contributed by atoms with Gasteiger partial charge in [-0.1, -0.05) is 0 Å². The van der Waals surface area contributed by atoms with E-state index in [1.807, 2.05) is 0 Å². The van der Waals surface area contributed by atoms with Gasteiger partial charge in [-0.25, -0.2) is 0 Å². The summed E-state index contributed by atoms with van der Waals surface area (Å²) >= 11 is 0. The molecule has 0 amide bonds. The molecule has 11 heteroatoms. The van der Waals surface area contributed by atoms with Gasteiger partial charge in [0, 0.05) is 17.7 Å². The zero-order valence-corrected chi connectivity index (χ0v) is 14.3. The Morgan fingerprint density at radius 1 is 1.04 bits per heavy atom. The number of hydrogen-bond acceptors (Lipinski definition) is 9. The predicted molar refractivity (Wildman–Crippen MR) is 91.6 cm³/mol. The van der Waals surface area contributed by atoms with Crippen LogP contribution < -0.4 is 14.3 Å². The molecule has 1 heterocycles. The molecular weight excluding hydrogens is 384 g/mol. The van der Waals surface area contributed by atoms with Crippen molar-refractivity contribution < 1.29 is 41.6 Å². The summed E-state index contributed by atoms with van der Waals surface area (Å²) in [6.45, 7) is 0. The van der Waals surface area contributed by atoms with E-state index in [4.69, 9.17) is 13.7 Å². The Balaban J connectivity index is 2.41. The first-order valence-electron chi connectivity index (χ1n) is 7.17. The quantitative estimate of drug-likeness (QED) is 0.478. The first kappa shape index (κ1) is 18.4. The van der Waals surface area contributed by atoms with Crippen molar-refractivity contribution in [2.75, 3.05) is 7.11 Å². The van der Waals surface area contributed by atoms with Crippen LogP contribution in [0, 0.1) is 0 Å². The predicted octanol–water partition coefficient (Wildman–Crippen LogP) is 1.77. The molecule has 4 N–H and O–H groups in total. The van der Waals surface area contributed by atoms with Gasteiger partial charge in [-0.15, -0.1) is 0 Å². The van der Waals surface area contributed by atoms with E-state index in [1.54, 1.807) is 0 Å². The van der Waals surface area contributed by atoms with Crippen LogP contribution >= 0.6 is 0 Å². The van der Waals surface area contributed by atoms with Gasteiger partial charge in [0.1, 0.15) is 22.5 Å². The molecule has 0 spiro atoms. The normalized spacial score (nSPS) is 11.5. The van der Waals surface area contributed by atoms with Crippen LogP contribution in [0.25, 0.3) is 22.3 Å². The van der Waals surface area contributed by atoms with Gasteiger partial charge in [0.25, 0.3) is 0 Å². The van der Waals surface area contributed by atoms with Crippen LogP contribution in [0.1, 0.15) is 0 Å². The average Bonchev–Trinajstić information content (AvgIpc) is 2.55. The zero-order valence-electron chi connectivity index (χ0n) is 13.5. The summed E-state index contributed by atoms with van der Waals surface area (Å²) in [6.07, 6.45) is 0. The summed E-state index contributed by atoms with van der Waals surface area (Å²) in [5.74, 6) is -2.80. The standard InChI is InChI=1S/C16H12O10S/c1-24-11-3-2-7(4-9(11)18)15-16(26-27(21,22)23)14(20)13-10(19)5-8(17)6-12(13)25-15/h2-6,17-19H,1H3,(H,21,22,23). The fourth-order valence-electron chi connectivity index (χ4n) is 2.47. The van der Waals surface area contributed by atoms with E-state index < -0.39 is 44.2 Å². The van der Waals surface area contributed by atoms with E-state index in [0.717, 1.165) is 18.2 Å². The Hall–Kier alpha value is -3.44. The summed E-state index contributed by atoms with van der Waals surface area (Å²) in [6, 6.07) is 5.59. The third kappa shape index (κ3) is 3.45. The van der Waals surface area contributed by atoms with Crippen molar-refractivity contribution in [3.05, 3.63) is 40.6 Å². The molecule has 0 saturated carbocycles. The lowest BCUT2D eigenvalue weighted by Gasteiger charge is -2.11. The van der Waals surface area contributed by atoms with E-state index in [1.165, 1.54) is 19.2 Å². The van der Waals surface area contributed by atoms with Gasteiger partial charge >= 0.3 is 10.4 Å². The Morgan fingerprint density at radius 2 is 1.74 bits per heavy atom. The van der Waals surface area contributed by atoms with Crippen molar-refractivity contribution in [2.45, 2.75) is 0 Å². The Kier molecular flexibility index (Phi) is 4.33. The lowest BCUT2D eigenvalue weighted by atomic mass is 10.1. The molecule has 0 radical (unpaired) electrons. The number of ether oxygens (including phenoxy) is 1. The second-order valence-electron chi connectivity index (χ2n) is 5.33. The van der Waals surface area contributed by atoms with Gasteiger partial charge < -0.3 is 28.7 Å². The van der Waals surface area contributed by atoms with Crippen molar-refractivity contribution >= 4 is 21.4 Å². The van der Waals surface area contributed by atoms with Crippen molar-refractivity contribution in [1.82, 2.24) is 0 Å². The van der Waals surface area contributed by atoms with Crippen LogP contribution in [0.5, 0.6) is 28.7 Å². The molecule has 1 aromatic heterocycles. The molecule has 0 aliphatic carbocycles. The lowest BCUT2D eigenvalue weighted by Crippen LogP contribution is -2.15. The molecule has 0 aliphatic heterocycles. The van der Waals surface area contributed by atoms with Crippen molar-refractivity contribution in [3.8, 4) is 40.1 Å². The molecule has 0 saturated heterocycles. The molecule has 0 bridgehead atoms. The first-order chi connectivity index (χ1) is 12.6. The minimum absolute atomic E-state index is 0.00576. The number of rotatable bonds is 4. The van der Waals surface area contributed by atoms with Crippen LogP contribution in [0.3, 0.4) is 0 Å². The maximum absolute atomic E-state index is 12.7. The molecule has 27 heavy (non-hydrogen) atoms. The fraction of sp³-hybridized carbons (Fsp3) is 0.0625. The highest BCUT2D eigenvalue weighted by Crippen LogP contribution is 2.38. The van der Waals surface area contributed by atoms with Gasteiger partial charge in [0.15, 0.2) is 17.3 Å². The van der Waals surface area contributed by atoms with Crippen LogP contribution in [-0.2, 0) is 10.4 Å². The SMILES string of the molecule is COc1ccc(-c2oc3cc(O)cc(O)c3c(=O)c2OS(=O)(=O)O)cc1O. The lowest BCUT2D eigenvalue weighted by molar-refractivity contribution is 0.373. The third-order valence-electron chi connectivity index (χ3n) is 3.55. The van der Waals surface area contributed by atoms with Gasteiger partial charge in [-0.2, -0.15) is 8.42 Å². The number of hydrogen-bond donors (Lipinski definition) is 4. The summed E-state index contributed by atoms with van der Waals surface area (Å²) in [5.41, 5.74) is -1.42. The number of aromatic hydroxyl groups is 3. The highest BCUT2D eigenvalue weighted by atomic mass is 32.3. The fourth-order valence-corrected chi connectivity index (χ4v) is 2.83. The highest BCUT2D eigenvalue weighted by Gasteiger charge is 2.25. The van der Waals surface area contributed by atoms with Crippen LogP contribution in [-0.4, -0.2) is 35.4 Å². The molecule has 0 unspecified atom stereocenters. The number of benzene rings is 2. The second kappa shape index (κ2) is 6.37. The third-order valence-corrected chi connectivity index (χ3v) is 3.92. The Morgan fingerprint density at radius 3 is 2.33 bits per heavy atom. The van der Waals surface area contributed by atoms with Gasteiger partial charge in [-0.05, 0) is 18.2 Å². The largest absolute Gasteiger partial charge is 0.508 e. The number of fused-ring (bicyclic) bond motifs is 1. The van der Waals surface area contributed by atoms with Crippen molar-refractivity contribution in [2.24, 2.45) is 0 Å². The molecule has 142 valence electrons. The van der Waals surface area contributed by atoms with Gasteiger partial charge in [0.2, 0.25) is 11.2 Å². The van der Waals surface area contributed by atoms with Gasteiger partial charge in [-0.3, -0.25) is 9.35 Å². The van der Waals surface area contributed by atoms with E-state index in [-0.39, 0.29) is 22.6 Å². The van der Waals surface area contributed by atoms with Crippen LogP contribution in [0.15, 0.2) is 39.5 Å².